The van der Waals surface area contributed by atoms with Crippen molar-refractivity contribution < 1.29 is 18.3 Å². The lowest BCUT2D eigenvalue weighted by Gasteiger charge is -2.05. The van der Waals surface area contributed by atoms with E-state index in [4.69, 9.17) is 9.84 Å². The summed E-state index contributed by atoms with van der Waals surface area (Å²) in [7, 11) is -3.17. The molecule has 1 N–H and O–H groups in total. The molecule has 4 nitrogen and oxygen atoms in total. The van der Waals surface area contributed by atoms with Crippen LogP contribution in [-0.2, 0) is 9.84 Å². The van der Waals surface area contributed by atoms with Crippen molar-refractivity contribution in [3.8, 4) is 5.75 Å². The summed E-state index contributed by atoms with van der Waals surface area (Å²) in [5, 5.41) is 8.74. The molecule has 0 aromatic heterocycles. The molecule has 26 heavy (non-hydrogen) atoms. The Bertz CT molecular complexity index is 791. The number of sulfone groups is 1. The van der Waals surface area contributed by atoms with Crippen LogP contribution in [0.25, 0.3) is 12.2 Å². The SMILES string of the molecule is CCCCS(=O)(=O)c1ccc(/C=C/c2ccc(OCCCO)cc2)cc1. The zero-order chi connectivity index (χ0) is 18.8. The Morgan fingerprint density at radius 1 is 0.923 bits per heavy atom. The maximum absolute atomic E-state index is 12.2. The highest BCUT2D eigenvalue weighted by atomic mass is 32.2. The van der Waals surface area contributed by atoms with E-state index >= 15 is 0 Å². The standard InChI is InChI=1S/C21H26O4S/c1-2-3-17-26(23,24)21-13-9-19(10-14-21)6-5-18-7-11-20(12-8-18)25-16-4-15-22/h5-14,22H,2-4,15-17H2,1H3/b6-5+. The number of benzene rings is 2. The number of hydrogen-bond acceptors (Lipinski definition) is 4. The number of ether oxygens (including phenoxy) is 1. The highest BCUT2D eigenvalue weighted by molar-refractivity contribution is 7.91. The second-order valence-electron chi connectivity index (χ2n) is 6.07. The predicted molar refractivity (Wildman–Crippen MR) is 106 cm³/mol. The van der Waals surface area contributed by atoms with Crippen molar-refractivity contribution in [2.24, 2.45) is 0 Å². The molecule has 0 saturated heterocycles. The summed E-state index contributed by atoms with van der Waals surface area (Å²) in [6, 6.07) is 14.7. The average molecular weight is 375 g/mol. The molecular formula is C21H26O4S. The first-order chi connectivity index (χ1) is 12.5. The van der Waals surface area contributed by atoms with Gasteiger partial charge < -0.3 is 9.84 Å². The molecule has 2 aromatic rings. The second kappa shape index (κ2) is 10.1. The van der Waals surface area contributed by atoms with Crippen LogP contribution >= 0.6 is 0 Å². The molecule has 0 aliphatic carbocycles. The Kier molecular flexibility index (Phi) is 7.88. The molecule has 0 fully saturated rings. The van der Waals surface area contributed by atoms with E-state index in [9.17, 15) is 8.42 Å². The fraction of sp³-hybridized carbons (Fsp3) is 0.333. The van der Waals surface area contributed by atoms with E-state index in [1.54, 1.807) is 12.1 Å². The fourth-order valence-electron chi connectivity index (χ4n) is 2.36. The van der Waals surface area contributed by atoms with Gasteiger partial charge in [0.15, 0.2) is 9.84 Å². The molecule has 0 aliphatic rings. The van der Waals surface area contributed by atoms with Gasteiger partial charge in [-0.15, -0.1) is 0 Å². The minimum atomic E-state index is -3.17. The van der Waals surface area contributed by atoms with Crippen molar-refractivity contribution in [2.75, 3.05) is 19.0 Å². The van der Waals surface area contributed by atoms with Gasteiger partial charge in [-0.3, -0.25) is 0 Å². The first kappa shape index (κ1) is 20.2. The number of aliphatic hydroxyl groups excluding tert-OH is 1. The van der Waals surface area contributed by atoms with Crippen molar-refractivity contribution in [1.29, 1.82) is 0 Å². The lowest BCUT2D eigenvalue weighted by atomic mass is 10.1. The van der Waals surface area contributed by atoms with Gasteiger partial charge in [0, 0.05) is 13.0 Å². The van der Waals surface area contributed by atoms with Crippen molar-refractivity contribution >= 4 is 22.0 Å². The highest BCUT2D eigenvalue weighted by Crippen LogP contribution is 2.17. The third-order valence-electron chi connectivity index (χ3n) is 3.93. The number of hydrogen-bond donors (Lipinski definition) is 1. The van der Waals surface area contributed by atoms with Crippen LogP contribution in [0.5, 0.6) is 5.75 Å². The van der Waals surface area contributed by atoms with Gasteiger partial charge in [-0.25, -0.2) is 8.42 Å². The van der Waals surface area contributed by atoms with Crippen LogP contribution in [0.2, 0.25) is 0 Å². The van der Waals surface area contributed by atoms with Gasteiger partial charge in [0.2, 0.25) is 0 Å². The molecule has 0 spiro atoms. The van der Waals surface area contributed by atoms with E-state index in [-0.39, 0.29) is 12.4 Å². The number of unbranched alkanes of at least 4 members (excludes halogenated alkanes) is 1. The quantitative estimate of drug-likeness (QED) is 0.500. The van der Waals surface area contributed by atoms with E-state index in [2.05, 4.69) is 0 Å². The van der Waals surface area contributed by atoms with Gasteiger partial charge in [-0.05, 0) is 41.8 Å². The number of rotatable bonds is 10. The third kappa shape index (κ3) is 6.32. The van der Waals surface area contributed by atoms with Crippen LogP contribution in [0, 0.1) is 0 Å². The Morgan fingerprint density at radius 3 is 2.04 bits per heavy atom. The first-order valence-corrected chi connectivity index (χ1v) is 10.5. The first-order valence-electron chi connectivity index (χ1n) is 8.90. The molecule has 0 heterocycles. The summed E-state index contributed by atoms with van der Waals surface area (Å²) in [5.74, 6) is 0.975. The van der Waals surface area contributed by atoms with E-state index in [1.807, 2.05) is 55.5 Å². The predicted octanol–water partition coefficient (Wildman–Crippen LogP) is 4.19. The lowest BCUT2D eigenvalue weighted by molar-refractivity contribution is 0.233. The van der Waals surface area contributed by atoms with Crippen molar-refractivity contribution in [3.63, 3.8) is 0 Å². The molecule has 140 valence electrons. The van der Waals surface area contributed by atoms with Crippen LogP contribution in [0.15, 0.2) is 53.4 Å². The minimum absolute atomic E-state index is 0.125. The molecule has 2 rings (SSSR count). The fourth-order valence-corrected chi connectivity index (χ4v) is 3.82. The van der Waals surface area contributed by atoms with E-state index < -0.39 is 9.84 Å². The smallest absolute Gasteiger partial charge is 0.178 e. The van der Waals surface area contributed by atoms with Gasteiger partial charge in [-0.2, -0.15) is 0 Å². The summed E-state index contributed by atoms with van der Waals surface area (Å²) in [5.41, 5.74) is 1.97. The summed E-state index contributed by atoms with van der Waals surface area (Å²) in [6.45, 7) is 2.61. The third-order valence-corrected chi connectivity index (χ3v) is 5.74. The van der Waals surface area contributed by atoms with Crippen molar-refractivity contribution in [3.05, 3.63) is 59.7 Å². The van der Waals surface area contributed by atoms with Gasteiger partial charge >= 0.3 is 0 Å². The molecular weight excluding hydrogens is 348 g/mol. The Hall–Kier alpha value is -2.11. The van der Waals surface area contributed by atoms with E-state index in [1.165, 1.54) is 0 Å². The van der Waals surface area contributed by atoms with Gasteiger partial charge in [0.1, 0.15) is 5.75 Å². The minimum Gasteiger partial charge on any atom is -0.494 e. The molecule has 0 saturated carbocycles. The second-order valence-corrected chi connectivity index (χ2v) is 8.18. The number of aliphatic hydroxyl groups is 1. The van der Waals surface area contributed by atoms with Gasteiger partial charge in [0.05, 0.1) is 17.3 Å². The normalized spacial score (nSPS) is 11.8. The molecule has 5 heteroatoms. The maximum Gasteiger partial charge on any atom is 0.178 e. The van der Waals surface area contributed by atoms with Gasteiger partial charge in [0.25, 0.3) is 0 Å². The Labute approximate surface area is 156 Å². The average Bonchev–Trinajstić information content (AvgIpc) is 2.66. The monoisotopic (exact) mass is 374 g/mol. The molecule has 0 atom stereocenters. The summed E-state index contributed by atoms with van der Waals surface area (Å²) in [4.78, 5) is 0.382. The largest absolute Gasteiger partial charge is 0.494 e. The van der Waals surface area contributed by atoms with Crippen molar-refractivity contribution in [2.45, 2.75) is 31.1 Å². The van der Waals surface area contributed by atoms with Crippen molar-refractivity contribution in [1.82, 2.24) is 0 Å². The Balaban J connectivity index is 1.98. The van der Waals surface area contributed by atoms with Crippen LogP contribution in [0.4, 0.5) is 0 Å². The van der Waals surface area contributed by atoms with Crippen LogP contribution in [-0.4, -0.2) is 32.5 Å². The van der Waals surface area contributed by atoms with Crippen LogP contribution in [0.1, 0.15) is 37.3 Å². The van der Waals surface area contributed by atoms with Crippen LogP contribution in [0.3, 0.4) is 0 Å². The summed E-state index contributed by atoms with van der Waals surface area (Å²) in [6.07, 6.45) is 6.09. The summed E-state index contributed by atoms with van der Waals surface area (Å²) < 4.78 is 29.8. The maximum atomic E-state index is 12.2. The molecule has 2 aromatic carbocycles. The molecule has 0 unspecified atom stereocenters. The molecule has 0 bridgehead atoms. The van der Waals surface area contributed by atoms with Gasteiger partial charge in [-0.1, -0.05) is 49.8 Å². The molecule has 0 radical (unpaired) electrons. The topological polar surface area (TPSA) is 63.6 Å². The lowest BCUT2D eigenvalue weighted by Crippen LogP contribution is -2.06. The van der Waals surface area contributed by atoms with E-state index in [0.29, 0.717) is 24.3 Å². The highest BCUT2D eigenvalue weighted by Gasteiger charge is 2.12. The zero-order valence-corrected chi connectivity index (χ0v) is 15.9. The van der Waals surface area contributed by atoms with Crippen LogP contribution < -0.4 is 4.74 Å². The van der Waals surface area contributed by atoms with E-state index in [0.717, 1.165) is 23.3 Å². The molecule has 0 amide bonds. The zero-order valence-electron chi connectivity index (χ0n) is 15.1. The molecule has 0 aliphatic heterocycles. The Morgan fingerprint density at radius 2 is 1.50 bits per heavy atom. The summed E-state index contributed by atoms with van der Waals surface area (Å²) >= 11 is 0.